The smallest absolute Gasteiger partial charge is 0.306 e. The zero-order valence-electron chi connectivity index (χ0n) is 41.8. The minimum absolute atomic E-state index is 0.0710. The van der Waals surface area contributed by atoms with Crippen molar-refractivity contribution in [3.63, 3.8) is 0 Å². The molecule has 0 aromatic heterocycles. The summed E-state index contributed by atoms with van der Waals surface area (Å²) in [6, 6.07) is 0. The second-order valence-corrected chi connectivity index (χ2v) is 17.5. The highest BCUT2D eigenvalue weighted by Crippen LogP contribution is 2.15. The van der Waals surface area contributed by atoms with Crippen LogP contribution >= 0.6 is 0 Å². The van der Waals surface area contributed by atoms with E-state index in [1.165, 1.54) is 128 Å². The molecule has 0 saturated heterocycles. The molecule has 0 spiro atoms. The summed E-state index contributed by atoms with van der Waals surface area (Å²) >= 11 is 0. The first-order valence-electron chi connectivity index (χ1n) is 26.8. The van der Waals surface area contributed by atoms with Crippen LogP contribution < -0.4 is 0 Å². The fourth-order valence-corrected chi connectivity index (χ4v) is 7.42. The van der Waals surface area contributed by atoms with Crippen LogP contribution in [0.5, 0.6) is 0 Å². The summed E-state index contributed by atoms with van der Waals surface area (Å²) in [6.07, 6.45) is 76.5. The Morgan fingerprint density at radius 1 is 0.359 bits per heavy atom. The van der Waals surface area contributed by atoms with Gasteiger partial charge in [0, 0.05) is 12.8 Å². The van der Waals surface area contributed by atoms with E-state index < -0.39 is 6.10 Å². The van der Waals surface area contributed by atoms with E-state index in [1.54, 1.807) is 0 Å². The van der Waals surface area contributed by atoms with E-state index in [1.807, 2.05) is 0 Å². The molecule has 0 amide bonds. The molecule has 5 heteroatoms. The maximum Gasteiger partial charge on any atom is 0.306 e. The number of aliphatic hydroxyl groups is 1. The van der Waals surface area contributed by atoms with Gasteiger partial charge in [-0.2, -0.15) is 0 Å². The number of rotatable bonds is 48. The zero-order valence-corrected chi connectivity index (χ0v) is 41.8. The van der Waals surface area contributed by atoms with E-state index in [2.05, 4.69) is 111 Å². The lowest BCUT2D eigenvalue weighted by Crippen LogP contribution is -2.28. The van der Waals surface area contributed by atoms with Crippen molar-refractivity contribution in [2.45, 2.75) is 251 Å². The van der Waals surface area contributed by atoms with Gasteiger partial charge in [-0.1, -0.05) is 239 Å². The quantitative estimate of drug-likeness (QED) is 0.0374. The van der Waals surface area contributed by atoms with Crippen LogP contribution in [0.15, 0.2) is 97.2 Å². The molecule has 0 aromatic carbocycles. The number of esters is 2. The largest absolute Gasteiger partial charge is 0.462 e. The predicted molar refractivity (Wildman–Crippen MR) is 279 cm³/mol. The highest BCUT2D eigenvalue weighted by molar-refractivity contribution is 5.70. The van der Waals surface area contributed by atoms with E-state index in [4.69, 9.17) is 9.47 Å². The summed E-state index contributed by atoms with van der Waals surface area (Å²) in [7, 11) is 0. The minimum Gasteiger partial charge on any atom is -0.462 e. The van der Waals surface area contributed by atoms with Crippen molar-refractivity contribution in [2.75, 3.05) is 13.2 Å². The van der Waals surface area contributed by atoms with Gasteiger partial charge in [0.15, 0.2) is 6.10 Å². The Labute approximate surface area is 396 Å². The molecule has 0 fully saturated rings. The Hall–Kier alpha value is -3.18. The van der Waals surface area contributed by atoms with Crippen LogP contribution in [-0.4, -0.2) is 36.4 Å². The average molecular weight is 889 g/mol. The summed E-state index contributed by atoms with van der Waals surface area (Å²) in [5.74, 6) is -0.594. The third kappa shape index (κ3) is 51.5. The molecule has 1 unspecified atom stereocenters. The molecule has 0 radical (unpaired) electrons. The monoisotopic (exact) mass is 889 g/mol. The van der Waals surface area contributed by atoms with Gasteiger partial charge >= 0.3 is 11.9 Å². The molecule has 64 heavy (non-hydrogen) atoms. The molecule has 0 aliphatic carbocycles. The van der Waals surface area contributed by atoms with Crippen LogP contribution in [0.25, 0.3) is 0 Å². The second kappa shape index (κ2) is 54.2. The molecule has 0 aliphatic rings. The number of carbonyl (C=O) groups excluding carboxylic acids is 2. The van der Waals surface area contributed by atoms with Crippen molar-refractivity contribution >= 4 is 11.9 Å². The highest BCUT2D eigenvalue weighted by atomic mass is 16.6. The SMILES string of the molecule is CC/C=C\C/C=C\C/C=C\C/C=C\CCCCCCCCCCCCCCC(=O)OCC(CO)OC(=O)CCCCCCCCCCCCCC/C=C\C/C=C\C/C=C\C/C=C\CC. The molecule has 0 bridgehead atoms. The van der Waals surface area contributed by atoms with Crippen LogP contribution in [-0.2, 0) is 19.1 Å². The molecule has 366 valence electrons. The van der Waals surface area contributed by atoms with Gasteiger partial charge in [0.25, 0.3) is 0 Å². The van der Waals surface area contributed by atoms with Crippen LogP contribution in [0.3, 0.4) is 0 Å². The predicted octanol–water partition coefficient (Wildman–Crippen LogP) is 18.0. The molecule has 0 aromatic rings. The molecule has 0 aliphatic heterocycles. The van der Waals surface area contributed by atoms with Gasteiger partial charge in [-0.05, 0) is 89.9 Å². The zero-order chi connectivity index (χ0) is 46.3. The lowest BCUT2D eigenvalue weighted by Gasteiger charge is -2.15. The standard InChI is InChI=1S/C59H100O5/c1-3-5-7-9-11-13-15-17-19-21-23-25-27-29-31-33-35-37-39-41-43-45-47-49-51-53-58(61)63-56-57(55-60)64-59(62)54-52-50-48-46-44-42-40-38-36-34-32-30-28-26-24-22-20-18-16-14-12-10-8-6-4-2/h5-8,11-14,17-20,23-26,57,60H,3-4,9-10,15-16,21-22,27-56H2,1-2H3/b7-5-,8-6-,13-11-,14-12-,19-17-,20-18-,25-23-,26-24-. The van der Waals surface area contributed by atoms with Gasteiger partial charge in [0.1, 0.15) is 6.61 Å². The molecule has 1 atom stereocenters. The molecule has 5 nitrogen and oxygen atoms in total. The minimum atomic E-state index is -0.780. The Morgan fingerprint density at radius 2 is 0.625 bits per heavy atom. The molecule has 0 heterocycles. The maximum absolute atomic E-state index is 12.3. The van der Waals surface area contributed by atoms with E-state index in [0.29, 0.717) is 12.8 Å². The van der Waals surface area contributed by atoms with E-state index in [9.17, 15) is 14.7 Å². The molecular formula is C59H100O5. The number of allylic oxidation sites excluding steroid dienone is 16. The summed E-state index contributed by atoms with van der Waals surface area (Å²) in [5, 5.41) is 9.65. The van der Waals surface area contributed by atoms with E-state index >= 15 is 0 Å². The number of unbranched alkanes of at least 4 members (excludes halogenated alkanes) is 24. The topological polar surface area (TPSA) is 72.8 Å². The fourth-order valence-electron chi connectivity index (χ4n) is 7.42. The molecule has 0 rings (SSSR count). The molecule has 1 N–H and O–H groups in total. The second-order valence-electron chi connectivity index (χ2n) is 17.5. The summed E-state index contributed by atoms with van der Waals surface area (Å²) in [4.78, 5) is 24.5. The summed E-state index contributed by atoms with van der Waals surface area (Å²) in [5.41, 5.74) is 0. The fraction of sp³-hybridized carbons (Fsp3) is 0.695. The van der Waals surface area contributed by atoms with Gasteiger partial charge < -0.3 is 14.6 Å². The highest BCUT2D eigenvalue weighted by Gasteiger charge is 2.16. The van der Waals surface area contributed by atoms with Crippen molar-refractivity contribution in [3.8, 4) is 0 Å². The van der Waals surface area contributed by atoms with Gasteiger partial charge in [-0.25, -0.2) is 0 Å². The van der Waals surface area contributed by atoms with Crippen molar-refractivity contribution in [1.29, 1.82) is 0 Å². The first-order chi connectivity index (χ1) is 31.6. The Balaban J connectivity index is 3.51. The normalized spacial score (nSPS) is 13.0. The molecular weight excluding hydrogens is 789 g/mol. The van der Waals surface area contributed by atoms with Gasteiger partial charge in [-0.15, -0.1) is 0 Å². The van der Waals surface area contributed by atoms with Gasteiger partial charge in [-0.3, -0.25) is 9.59 Å². The van der Waals surface area contributed by atoms with Gasteiger partial charge in [0.2, 0.25) is 0 Å². The number of hydrogen-bond acceptors (Lipinski definition) is 5. The first kappa shape index (κ1) is 60.8. The van der Waals surface area contributed by atoms with Crippen LogP contribution in [0, 0.1) is 0 Å². The summed E-state index contributed by atoms with van der Waals surface area (Å²) < 4.78 is 10.7. The third-order valence-electron chi connectivity index (χ3n) is 11.4. The first-order valence-corrected chi connectivity index (χ1v) is 26.8. The molecule has 0 saturated carbocycles. The van der Waals surface area contributed by atoms with Crippen molar-refractivity contribution < 1.29 is 24.2 Å². The Morgan fingerprint density at radius 3 is 0.938 bits per heavy atom. The maximum atomic E-state index is 12.3. The van der Waals surface area contributed by atoms with Crippen LogP contribution in [0.1, 0.15) is 245 Å². The van der Waals surface area contributed by atoms with Crippen molar-refractivity contribution in [2.24, 2.45) is 0 Å². The van der Waals surface area contributed by atoms with Crippen LogP contribution in [0.4, 0.5) is 0 Å². The number of ether oxygens (including phenoxy) is 2. The average Bonchev–Trinajstić information content (AvgIpc) is 3.30. The third-order valence-corrected chi connectivity index (χ3v) is 11.4. The van der Waals surface area contributed by atoms with E-state index in [0.717, 1.165) is 89.9 Å². The summed E-state index contributed by atoms with van der Waals surface area (Å²) in [6.45, 7) is 3.93. The van der Waals surface area contributed by atoms with Gasteiger partial charge in [0.05, 0.1) is 6.61 Å². The lowest BCUT2D eigenvalue weighted by molar-refractivity contribution is -0.161. The van der Waals surface area contributed by atoms with Crippen LogP contribution in [0.2, 0.25) is 0 Å². The Kier molecular flexibility index (Phi) is 51.5. The van der Waals surface area contributed by atoms with E-state index in [-0.39, 0.29) is 25.2 Å². The number of aliphatic hydroxyl groups excluding tert-OH is 1. The number of carbonyl (C=O) groups is 2. The van der Waals surface area contributed by atoms with Crippen molar-refractivity contribution in [3.05, 3.63) is 97.2 Å². The van der Waals surface area contributed by atoms with Crippen molar-refractivity contribution in [1.82, 2.24) is 0 Å². The lowest BCUT2D eigenvalue weighted by atomic mass is 10.0. The number of hydrogen-bond donors (Lipinski definition) is 1. The Bertz CT molecular complexity index is 1230.